The molecule has 0 atom stereocenters. The van der Waals surface area contributed by atoms with Crippen LogP contribution in [0.4, 0.5) is 4.39 Å². The van der Waals surface area contributed by atoms with E-state index < -0.39 is 5.82 Å². The zero-order valence-electron chi connectivity index (χ0n) is 8.69. The first kappa shape index (κ1) is 11.8. The van der Waals surface area contributed by atoms with E-state index in [2.05, 4.69) is 15.9 Å². The summed E-state index contributed by atoms with van der Waals surface area (Å²) in [7, 11) is 0. The summed E-state index contributed by atoms with van der Waals surface area (Å²) in [6.07, 6.45) is 0.567. The van der Waals surface area contributed by atoms with Gasteiger partial charge in [0.25, 0.3) is 0 Å². The van der Waals surface area contributed by atoms with Gasteiger partial charge in [-0.05, 0) is 42.5 Å². The molecule has 2 nitrogen and oxygen atoms in total. The van der Waals surface area contributed by atoms with Crippen LogP contribution in [0.1, 0.15) is 10.4 Å². The van der Waals surface area contributed by atoms with Crippen LogP contribution in [0.3, 0.4) is 0 Å². The lowest BCUT2D eigenvalue weighted by Gasteiger charge is -2.07. The fourth-order valence-electron chi connectivity index (χ4n) is 1.33. The predicted molar refractivity (Wildman–Crippen MR) is 66.0 cm³/mol. The number of carbonyl (C=O) groups is 1. The number of ether oxygens (including phenoxy) is 1. The standard InChI is InChI=1S/C13H8BrFO2/c14-10-1-4-12(5-2-10)17-13-6-3-11(15)7-9(13)8-16/h1-8H. The van der Waals surface area contributed by atoms with Crippen molar-refractivity contribution in [1.82, 2.24) is 0 Å². The third kappa shape index (κ3) is 2.91. The highest BCUT2D eigenvalue weighted by Crippen LogP contribution is 2.26. The number of carbonyl (C=O) groups excluding carboxylic acids is 1. The van der Waals surface area contributed by atoms with Crippen molar-refractivity contribution in [3.05, 3.63) is 58.3 Å². The molecule has 0 aliphatic carbocycles. The van der Waals surface area contributed by atoms with Crippen molar-refractivity contribution in [2.75, 3.05) is 0 Å². The molecule has 0 saturated heterocycles. The molecule has 86 valence electrons. The highest BCUT2D eigenvalue weighted by Gasteiger charge is 2.05. The highest BCUT2D eigenvalue weighted by molar-refractivity contribution is 9.10. The third-order valence-corrected chi connectivity index (χ3v) is 2.67. The Morgan fingerprint density at radius 1 is 1.12 bits per heavy atom. The van der Waals surface area contributed by atoms with E-state index in [1.807, 2.05) is 12.1 Å². The summed E-state index contributed by atoms with van der Waals surface area (Å²) in [5.74, 6) is 0.460. The average Bonchev–Trinajstić information content (AvgIpc) is 2.34. The first-order chi connectivity index (χ1) is 8.19. The summed E-state index contributed by atoms with van der Waals surface area (Å²) in [4.78, 5) is 10.8. The summed E-state index contributed by atoms with van der Waals surface area (Å²) < 4.78 is 19.3. The highest BCUT2D eigenvalue weighted by atomic mass is 79.9. The largest absolute Gasteiger partial charge is 0.457 e. The van der Waals surface area contributed by atoms with Crippen molar-refractivity contribution in [3.63, 3.8) is 0 Å². The van der Waals surface area contributed by atoms with Crippen molar-refractivity contribution in [2.24, 2.45) is 0 Å². The summed E-state index contributed by atoms with van der Waals surface area (Å²) in [5, 5.41) is 0. The number of aldehydes is 1. The lowest BCUT2D eigenvalue weighted by atomic mass is 10.2. The fraction of sp³-hybridized carbons (Fsp3) is 0. The van der Waals surface area contributed by atoms with Gasteiger partial charge in [0.1, 0.15) is 17.3 Å². The van der Waals surface area contributed by atoms with Crippen LogP contribution in [0.5, 0.6) is 11.5 Å². The summed E-state index contributed by atoms with van der Waals surface area (Å²) >= 11 is 3.31. The monoisotopic (exact) mass is 294 g/mol. The Morgan fingerprint density at radius 2 is 1.82 bits per heavy atom. The van der Waals surface area contributed by atoms with Crippen molar-refractivity contribution in [2.45, 2.75) is 0 Å². The van der Waals surface area contributed by atoms with Crippen molar-refractivity contribution in [3.8, 4) is 11.5 Å². The van der Waals surface area contributed by atoms with E-state index in [-0.39, 0.29) is 5.56 Å². The molecule has 0 radical (unpaired) electrons. The van der Waals surface area contributed by atoms with Crippen LogP contribution in [-0.2, 0) is 0 Å². The van der Waals surface area contributed by atoms with Gasteiger partial charge in [0.2, 0.25) is 0 Å². The average molecular weight is 295 g/mol. The summed E-state index contributed by atoms with van der Waals surface area (Å²) in [6.45, 7) is 0. The van der Waals surface area contributed by atoms with Gasteiger partial charge in [0, 0.05) is 4.47 Å². The second-order valence-corrected chi connectivity index (χ2v) is 4.27. The molecule has 0 heterocycles. The molecule has 17 heavy (non-hydrogen) atoms. The molecule has 0 fully saturated rings. The van der Waals surface area contributed by atoms with Crippen LogP contribution >= 0.6 is 15.9 Å². The number of halogens is 2. The first-order valence-electron chi connectivity index (χ1n) is 4.87. The molecule has 2 rings (SSSR count). The minimum Gasteiger partial charge on any atom is -0.457 e. The molecule has 2 aromatic carbocycles. The Morgan fingerprint density at radius 3 is 2.47 bits per heavy atom. The quantitative estimate of drug-likeness (QED) is 0.793. The molecule has 0 unspecified atom stereocenters. The van der Waals surface area contributed by atoms with E-state index in [0.717, 1.165) is 10.5 Å². The molecule has 0 N–H and O–H groups in total. The molecule has 4 heteroatoms. The van der Waals surface area contributed by atoms with E-state index in [9.17, 15) is 9.18 Å². The number of benzene rings is 2. The lowest BCUT2D eigenvalue weighted by Crippen LogP contribution is -1.91. The molecule has 2 aromatic rings. The first-order valence-corrected chi connectivity index (χ1v) is 5.66. The van der Waals surface area contributed by atoms with Gasteiger partial charge in [-0.25, -0.2) is 4.39 Å². The van der Waals surface area contributed by atoms with Crippen molar-refractivity contribution < 1.29 is 13.9 Å². The van der Waals surface area contributed by atoms with Crippen LogP contribution in [0.2, 0.25) is 0 Å². The Hall–Kier alpha value is -1.68. The second kappa shape index (κ2) is 5.10. The molecule has 0 bridgehead atoms. The molecule has 0 amide bonds. The van der Waals surface area contributed by atoms with E-state index in [1.165, 1.54) is 12.1 Å². The maximum Gasteiger partial charge on any atom is 0.153 e. The molecule has 0 spiro atoms. The van der Waals surface area contributed by atoms with Crippen LogP contribution in [0.25, 0.3) is 0 Å². The minimum atomic E-state index is -0.463. The van der Waals surface area contributed by atoms with E-state index in [4.69, 9.17) is 4.74 Å². The van der Waals surface area contributed by atoms with E-state index in [1.54, 1.807) is 12.1 Å². The number of hydrogen-bond acceptors (Lipinski definition) is 2. The molecule has 0 aliphatic rings. The Bertz CT molecular complexity index is 538. The third-order valence-electron chi connectivity index (χ3n) is 2.14. The predicted octanol–water partition coefficient (Wildman–Crippen LogP) is 4.19. The van der Waals surface area contributed by atoms with Gasteiger partial charge >= 0.3 is 0 Å². The van der Waals surface area contributed by atoms with Gasteiger partial charge in [-0.15, -0.1) is 0 Å². The normalized spacial score (nSPS) is 10.0. The van der Waals surface area contributed by atoms with Crippen LogP contribution in [0.15, 0.2) is 46.9 Å². The Labute approximate surface area is 106 Å². The van der Waals surface area contributed by atoms with Crippen LogP contribution in [-0.4, -0.2) is 6.29 Å². The maximum atomic E-state index is 12.9. The van der Waals surface area contributed by atoms with E-state index >= 15 is 0 Å². The molecular formula is C13H8BrFO2. The fourth-order valence-corrected chi connectivity index (χ4v) is 1.60. The van der Waals surface area contributed by atoms with Crippen molar-refractivity contribution in [1.29, 1.82) is 0 Å². The van der Waals surface area contributed by atoms with Gasteiger partial charge in [0.15, 0.2) is 6.29 Å². The smallest absolute Gasteiger partial charge is 0.153 e. The zero-order chi connectivity index (χ0) is 12.3. The SMILES string of the molecule is O=Cc1cc(F)ccc1Oc1ccc(Br)cc1. The van der Waals surface area contributed by atoms with Gasteiger partial charge in [0.05, 0.1) is 5.56 Å². The van der Waals surface area contributed by atoms with Crippen molar-refractivity contribution >= 4 is 22.2 Å². The van der Waals surface area contributed by atoms with Gasteiger partial charge in [-0.3, -0.25) is 4.79 Å². The van der Waals surface area contributed by atoms with Gasteiger partial charge < -0.3 is 4.74 Å². The Balaban J connectivity index is 2.29. The lowest BCUT2D eigenvalue weighted by molar-refractivity contribution is 0.112. The Kier molecular flexibility index (Phi) is 3.54. The van der Waals surface area contributed by atoms with Gasteiger partial charge in [-0.2, -0.15) is 0 Å². The van der Waals surface area contributed by atoms with Gasteiger partial charge in [-0.1, -0.05) is 15.9 Å². The topological polar surface area (TPSA) is 26.3 Å². The maximum absolute atomic E-state index is 12.9. The van der Waals surface area contributed by atoms with Crippen LogP contribution in [0, 0.1) is 5.82 Å². The van der Waals surface area contributed by atoms with E-state index in [0.29, 0.717) is 17.8 Å². The molecule has 0 saturated carbocycles. The number of hydrogen-bond donors (Lipinski definition) is 0. The summed E-state index contributed by atoms with van der Waals surface area (Å²) in [6, 6.07) is 11.0. The molecule has 0 aliphatic heterocycles. The molecular weight excluding hydrogens is 287 g/mol. The molecule has 0 aromatic heterocycles. The zero-order valence-corrected chi connectivity index (χ0v) is 10.3. The number of rotatable bonds is 3. The summed E-state index contributed by atoms with van der Waals surface area (Å²) in [5.41, 5.74) is 0.188. The van der Waals surface area contributed by atoms with Crippen LogP contribution < -0.4 is 4.74 Å². The minimum absolute atomic E-state index is 0.188. The second-order valence-electron chi connectivity index (χ2n) is 3.36.